The summed E-state index contributed by atoms with van der Waals surface area (Å²) in [6.07, 6.45) is 8.69. The van der Waals surface area contributed by atoms with Crippen LogP contribution in [-0.2, 0) is 14.2 Å². The Morgan fingerprint density at radius 1 is 0.571 bits per heavy atom. The van der Waals surface area contributed by atoms with Crippen LogP contribution in [0.1, 0.15) is 122 Å². The van der Waals surface area contributed by atoms with Gasteiger partial charge >= 0.3 is 0 Å². The van der Waals surface area contributed by atoms with Crippen molar-refractivity contribution in [1.29, 1.82) is 0 Å². The van der Waals surface area contributed by atoms with Crippen LogP contribution in [-0.4, -0.2) is 98.2 Å². The smallest absolute Gasteiger partial charge is 0.189 e. The Hall–Kier alpha value is -0.400. The van der Waals surface area contributed by atoms with E-state index in [0.717, 1.165) is 37.5 Å². The van der Waals surface area contributed by atoms with Gasteiger partial charge in [-0.2, -0.15) is 0 Å². The van der Waals surface area contributed by atoms with Gasteiger partial charge in [-0.15, -0.1) is 0 Å². The highest BCUT2D eigenvalue weighted by Crippen LogP contribution is 2.36. The zero-order valence-electron chi connectivity index (χ0n) is 25.6. The Kier molecular flexibility index (Phi) is 14.2. The number of aliphatic hydroxyl groups is 6. The van der Waals surface area contributed by atoms with Gasteiger partial charge in [0.15, 0.2) is 12.6 Å². The minimum absolute atomic E-state index is 0.127. The molecule has 0 spiro atoms. The Balaban J connectivity index is 1.38. The monoisotopic (exact) mass is 601 g/mol. The van der Waals surface area contributed by atoms with Crippen molar-refractivity contribution in [2.45, 2.75) is 190 Å². The lowest BCUT2D eigenvalue weighted by Crippen LogP contribution is -2.66. The molecule has 0 aromatic carbocycles. The van der Waals surface area contributed by atoms with E-state index in [1.807, 2.05) is 6.92 Å². The van der Waals surface area contributed by atoms with E-state index >= 15 is 0 Å². The third-order valence-corrected chi connectivity index (χ3v) is 10.4. The maximum absolute atomic E-state index is 11.1. The first-order chi connectivity index (χ1) is 20.3. The molecule has 2 heterocycles. The molecule has 2 aliphatic carbocycles. The molecule has 10 nitrogen and oxygen atoms in total. The molecule has 0 radical (unpaired) electrons. The summed E-state index contributed by atoms with van der Waals surface area (Å²) < 4.78 is 17.3. The second kappa shape index (κ2) is 17.3. The van der Waals surface area contributed by atoms with Crippen LogP contribution in [0.15, 0.2) is 0 Å². The molecule has 4 fully saturated rings. The second-order valence-electron chi connectivity index (χ2n) is 13.5. The van der Waals surface area contributed by atoms with Gasteiger partial charge in [0, 0.05) is 6.04 Å². The Morgan fingerprint density at radius 2 is 1.10 bits per heavy atom. The summed E-state index contributed by atoms with van der Waals surface area (Å²) in [5.41, 5.74) is 0. The van der Waals surface area contributed by atoms with Gasteiger partial charge < -0.3 is 44.8 Å². The molecular formula is C32H59NO9. The van der Waals surface area contributed by atoms with Gasteiger partial charge in [0.05, 0.1) is 6.10 Å². The highest BCUT2D eigenvalue weighted by atomic mass is 16.8. The number of ether oxygens (including phenoxy) is 3. The fourth-order valence-electron chi connectivity index (χ4n) is 7.73. The number of aliphatic hydroxyl groups excluding tert-OH is 6. The van der Waals surface area contributed by atoms with E-state index < -0.39 is 61.5 Å². The average molecular weight is 602 g/mol. The molecular weight excluding hydrogens is 542 g/mol. The van der Waals surface area contributed by atoms with Crippen LogP contribution in [0, 0.1) is 11.8 Å². The molecule has 42 heavy (non-hydrogen) atoms. The van der Waals surface area contributed by atoms with Crippen molar-refractivity contribution in [2.24, 2.45) is 11.8 Å². The van der Waals surface area contributed by atoms with Gasteiger partial charge in [-0.25, -0.2) is 0 Å². The molecule has 7 N–H and O–H groups in total. The van der Waals surface area contributed by atoms with Crippen LogP contribution in [0.2, 0.25) is 0 Å². The second-order valence-corrected chi connectivity index (χ2v) is 13.5. The number of rotatable bonds is 6. The molecule has 2 saturated heterocycles. The van der Waals surface area contributed by atoms with Crippen LogP contribution >= 0.6 is 0 Å². The molecule has 4 aliphatic rings. The van der Waals surface area contributed by atoms with Crippen LogP contribution in [0.3, 0.4) is 0 Å². The molecule has 12 atom stereocenters. The van der Waals surface area contributed by atoms with E-state index in [0.29, 0.717) is 6.42 Å². The fourth-order valence-corrected chi connectivity index (χ4v) is 7.73. The Labute approximate surface area is 252 Å². The standard InChI is InChI=1S/C32H59NO9/c1-2-23-24(34)26(36)29(41-32-28(38)25(35)27(37)31(39)42-32)30(40-23)33-22-18-12-11-16-21(17-13-19-22)20-14-9-7-5-3-4-6-8-10-15-20/h20-39H,2-19H2,1H3/t21?,22?,23?,24-,25?,26?,27+,28?,29?,30-,31?,32+/m1/s1. The average Bonchev–Trinajstić information content (AvgIpc) is 3.04. The first-order valence-corrected chi connectivity index (χ1v) is 17.1. The summed E-state index contributed by atoms with van der Waals surface area (Å²) in [6, 6.07) is 0.127. The van der Waals surface area contributed by atoms with Gasteiger partial charge in [-0.05, 0) is 31.1 Å². The van der Waals surface area contributed by atoms with Crippen molar-refractivity contribution in [1.82, 2.24) is 5.32 Å². The van der Waals surface area contributed by atoms with Crippen LogP contribution in [0.4, 0.5) is 0 Å². The van der Waals surface area contributed by atoms with E-state index in [4.69, 9.17) is 14.2 Å². The van der Waals surface area contributed by atoms with E-state index in [2.05, 4.69) is 5.32 Å². The normalized spacial score (nSPS) is 44.4. The van der Waals surface area contributed by atoms with Crippen molar-refractivity contribution in [3.8, 4) is 0 Å². The van der Waals surface area contributed by atoms with Crippen molar-refractivity contribution in [3.63, 3.8) is 0 Å². The minimum Gasteiger partial charge on any atom is -0.388 e. The van der Waals surface area contributed by atoms with Crippen molar-refractivity contribution in [2.75, 3.05) is 0 Å². The summed E-state index contributed by atoms with van der Waals surface area (Å²) in [5, 5.41) is 65.7. The molecule has 0 aromatic rings. The number of hydrogen-bond acceptors (Lipinski definition) is 10. The highest BCUT2D eigenvalue weighted by molar-refractivity contribution is 4.95. The maximum atomic E-state index is 11.1. The Morgan fingerprint density at radius 3 is 1.71 bits per heavy atom. The van der Waals surface area contributed by atoms with Crippen LogP contribution in [0.25, 0.3) is 0 Å². The quantitative estimate of drug-likeness (QED) is 0.241. The van der Waals surface area contributed by atoms with Gasteiger partial charge in [0.2, 0.25) is 0 Å². The predicted molar refractivity (Wildman–Crippen MR) is 157 cm³/mol. The zero-order chi connectivity index (χ0) is 30.1. The van der Waals surface area contributed by atoms with E-state index in [1.165, 1.54) is 83.5 Å². The zero-order valence-corrected chi connectivity index (χ0v) is 25.6. The molecule has 246 valence electrons. The third kappa shape index (κ3) is 9.31. The lowest BCUT2D eigenvalue weighted by atomic mass is 9.78. The summed E-state index contributed by atoms with van der Waals surface area (Å²) in [5.74, 6) is 1.62. The van der Waals surface area contributed by atoms with Gasteiger partial charge in [0.25, 0.3) is 0 Å². The van der Waals surface area contributed by atoms with E-state index in [1.54, 1.807) is 0 Å². The molecule has 2 aliphatic heterocycles. The highest BCUT2D eigenvalue weighted by Gasteiger charge is 2.50. The van der Waals surface area contributed by atoms with Crippen LogP contribution in [0.5, 0.6) is 0 Å². The number of nitrogens with one attached hydrogen (secondary N) is 1. The molecule has 10 heteroatoms. The molecule has 2 saturated carbocycles. The third-order valence-electron chi connectivity index (χ3n) is 10.4. The van der Waals surface area contributed by atoms with Crippen molar-refractivity contribution >= 4 is 0 Å². The van der Waals surface area contributed by atoms with E-state index in [-0.39, 0.29) is 6.04 Å². The summed E-state index contributed by atoms with van der Waals surface area (Å²) in [7, 11) is 0. The molecule has 0 aromatic heterocycles. The van der Waals surface area contributed by atoms with E-state index in [9.17, 15) is 30.6 Å². The minimum atomic E-state index is -1.77. The largest absolute Gasteiger partial charge is 0.388 e. The Bertz CT molecular complexity index is 749. The topological polar surface area (TPSA) is 161 Å². The summed E-state index contributed by atoms with van der Waals surface area (Å²) >= 11 is 0. The predicted octanol–water partition coefficient (Wildman–Crippen LogP) is 2.84. The van der Waals surface area contributed by atoms with Crippen LogP contribution < -0.4 is 5.32 Å². The lowest BCUT2D eigenvalue weighted by molar-refractivity contribution is -0.368. The summed E-state index contributed by atoms with van der Waals surface area (Å²) in [4.78, 5) is 0. The SMILES string of the molecule is CCC1O[C@@H](NC2CCCCC(C3CCCCCCCCCC3)CCC2)C(O[C@H]2OC(O)[C@@H](O)C(O)C2O)C(O)[C@@H]1O. The number of hydrogen-bond donors (Lipinski definition) is 7. The first-order valence-electron chi connectivity index (χ1n) is 17.1. The molecule has 8 unspecified atom stereocenters. The maximum Gasteiger partial charge on any atom is 0.189 e. The fraction of sp³-hybridized carbons (Fsp3) is 1.00. The van der Waals surface area contributed by atoms with Gasteiger partial charge in [-0.3, -0.25) is 5.32 Å². The molecule has 4 rings (SSSR count). The molecule has 0 amide bonds. The van der Waals surface area contributed by atoms with Crippen molar-refractivity contribution in [3.05, 3.63) is 0 Å². The summed E-state index contributed by atoms with van der Waals surface area (Å²) in [6.45, 7) is 1.88. The van der Waals surface area contributed by atoms with Gasteiger partial charge in [-0.1, -0.05) is 103 Å². The lowest BCUT2D eigenvalue weighted by Gasteiger charge is -2.46. The van der Waals surface area contributed by atoms with Gasteiger partial charge in [0.1, 0.15) is 42.9 Å². The first kappa shape index (κ1) is 34.5. The van der Waals surface area contributed by atoms with Crippen molar-refractivity contribution < 1.29 is 44.8 Å². The molecule has 0 bridgehead atoms.